The molecule has 1 aliphatic rings. The van der Waals surface area contributed by atoms with E-state index in [2.05, 4.69) is 15.3 Å². The number of hydrogen-bond acceptors (Lipinski definition) is 8. The number of fused-ring (bicyclic) bond motifs is 1. The van der Waals surface area contributed by atoms with Gasteiger partial charge in [-0.25, -0.2) is 4.98 Å². The lowest BCUT2D eigenvalue weighted by atomic mass is 9.97. The highest BCUT2D eigenvalue weighted by Gasteiger charge is 2.27. The third kappa shape index (κ3) is 4.65. The molecule has 1 fully saturated rings. The van der Waals surface area contributed by atoms with Gasteiger partial charge in [-0.2, -0.15) is 4.98 Å². The third-order valence-corrected chi connectivity index (χ3v) is 6.84. The van der Waals surface area contributed by atoms with Crippen molar-refractivity contribution < 1.29 is 14.8 Å². The number of carboxylic acids is 1. The summed E-state index contributed by atoms with van der Waals surface area (Å²) in [4.78, 5) is 33.6. The maximum Gasteiger partial charge on any atom is 0.326 e. The van der Waals surface area contributed by atoms with Crippen molar-refractivity contribution in [3.63, 3.8) is 0 Å². The van der Waals surface area contributed by atoms with Crippen LogP contribution in [-0.2, 0) is 11.3 Å². The molecule has 162 valence electrons. The Balaban J connectivity index is 1.64. The Labute approximate surface area is 190 Å². The number of aromatic nitrogens is 2. The Bertz CT molecular complexity index is 1160. The van der Waals surface area contributed by atoms with Gasteiger partial charge in [-0.3, -0.25) is 14.9 Å². The summed E-state index contributed by atoms with van der Waals surface area (Å²) in [6.07, 6.45) is 0.987. The highest BCUT2D eigenvalue weighted by molar-refractivity contribution is 7.21. The number of nitrogens with zero attached hydrogens (tertiary/aromatic N) is 4. The second-order valence-corrected chi connectivity index (χ2v) is 8.96. The van der Waals surface area contributed by atoms with Gasteiger partial charge in [-0.15, -0.1) is 0 Å². The van der Waals surface area contributed by atoms with E-state index < -0.39 is 10.9 Å². The third-order valence-electron chi connectivity index (χ3n) is 5.12. The van der Waals surface area contributed by atoms with Gasteiger partial charge in [0, 0.05) is 25.7 Å². The van der Waals surface area contributed by atoms with Crippen LogP contribution in [0.25, 0.3) is 10.2 Å². The van der Waals surface area contributed by atoms with Crippen LogP contribution < -0.4 is 10.2 Å². The number of piperidine rings is 1. The molecule has 2 N–H and O–H groups in total. The number of rotatable bonds is 6. The molecule has 0 radical (unpaired) electrons. The zero-order chi connectivity index (χ0) is 22.1. The van der Waals surface area contributed by atoms with Crippen LogP contribution in [0.15, 0.2) is 24.3 Å². The minimum atomic E-state index is -0.797. The van der Waals surface area contributed by atoms with Crippen molar-refractivity contribution in [1.29, 1.82) is 0 Å². The lowest BCUT2D eigenvalue weighted by Crippen LogP contribution is -2.37. The summed E-state index contributed by atoms with van der Waals surface area (Å²) in [7, 11) is 0. The fourth-order valence-electron chi connectivity index (χ4n) is 3.43. The van der Waals surface area contributed by atoms with Crippen molar-refractivity contribution in [2.75, 3.05) is 23.3 Å². The lowest BCUT2D eigenvalue weighted by Gasteiger charge is -2.30. The van der Waals surface area contributed by atoms with Crippen molar-refractivity contribution in [3.8, 4) is 0 Å². The average Bonchev–Trinajstić information content (AvgIpc) is 3.19. The van der Waals surface area contributed by atoms with Crippen molar-refractivity contribution in [3.05, 3.63) is 50.0 Å². The van der Waals surface area contributed by atoms with E-state index in [-0.39, 0.29) is 10.9 Å². The highest BCUT2D eigenvalue weighted by atomic mass is 35.5. The molecular weight excluding hydrogens is 465 g/mol. The smallest absolute Gasteiger partial charge is 0.326 e. The largest absolute Gasteiger partial charge is 0.481 e. The zero-order valence-electron chi connectivity index (χ0n) is 16.0. The van der Waals surface area contributed by atoms with Gasteiger partial charge in [0.1, 0.15) is 10.6 Å². The van der Waals surface area contributed by atoms with Gasteiger partial charge in [0.25, 0.3) is 0 Å². The molecule has 0 unspecified atom stereocenters. The number of nitro groups is 1. The van der Waals surface area contributed by atoms with Crippen LogP contribution in [0, 0.1) is 16.0 Å². The molecule has 0 bridgehead atoms. The molecule has 1 aromatic carbocycles. The molecule has 2 aromatic heterocycles. The van der Waals surface area contributed by atoms with Crippen molar-refractivity contribution in [2.45, 2.75) is 19.4 Å². The molecule has 31 heavy (non-hydrogen) atoms. The topological polar surface area (TPSA) is 121 Å². The van der Waals surface area contributed by atoms with Crippen molar-refractivity contribution in [1.82, 2.24) is 9.97 Å². The summed E-state index contributed by atoms with van der Waals surface area (Å²) >= 11 is 13.0. The molecule has 4 rings (SSSR count). The minimum absolute atomic E-state index is 0.0244. The van der Waals surface area contributed by atoms with Crippen LogP contribution in [-0.4, -0.2) is 39.1 Å². The summed E-state index contributed by atoms with van der Waals surface area (Å²) in [6, 6.07) is 6.72. The van der Waals surface area contributed by atoms with E-state index in [0.717, 1.165) is 16.9 Å². The molecule has 0 atom stereocenters. The first kappa shape index (κ1) is 21.5. The Hall–Kier alpha value is -2.69. The molecule has 1 saturated heterocycles. The van der Waals surface area contributed by atoms with E-state index in [1.165, 1.54) is 6.07 Å². The van der Waals surface area contributed by atoms with Crippen LogP contribution in [0.1, 0.15) is 18.4 Å². The van der Waals surface area contributed by atoms with Gasteiger partial charge in [0.05, 0.1) is 26.3 Å². The van der Waals surface area contributed by atoms with Crippen LogP contribution >= 0.6 is 34.5 Å². The number of nitrogens with one attached hydrogen (secondary N) is 1. The first-order valence-corrected chi connectivity index (χ1v) is 11.0. The van der Waals surface area contributed by atoms with Gasteiger partial charge in [0.15, 0.2) is 0 Å². The minimum Gasteiger partial charge on any atom is -0.481 e. The lowest BCUT2D eigenvalue weighted by molar-refractivity contribution is -0.380. The predicted octanol–water partition coefficient (Wildman–Crippen LogP) is 4.82. The number of thiophene rings is 1. The quantitative estimate of drug-likeness (QED) is 0.379. The summed E-state index contributed by atoms with van der Waals surface area (Å²) in [5, 5.41) is 25.1. The van der Waals surface area contributed by atoms with Crippen LogP contribution in [0.3, 0.4) is 0 Å². The number of anilines is 2. The Morgan fingerprint density at radius 3 is 2.65 bits per heavy atom. The monoisotopic (exact) mass is 481 g/mol. The number of benzene rings is 1. The van der Waals surface area contributed by atoms with Gasteiger partial charge in [-0.05, 0) is 41.9 Å². The maximum absolute atomic E-state index is 11.3. The van der Waals surface area contributed by atoms with E-state index >= 15 is 0 Å². The molecule has 0 spiro atoms. The Kier molecular flexibility index (Phi) is 6.12. The van der Waals surface area contributed by atoms with Crippen LogP contribution in [0.2, 0.25) is 10.0 Å². The van der Waals surface area contributed by atoms with Gasteiger partial charge >= 0.3 is 11.0 Å². The predicted molar refractivity (Wildman–Crippen MR) is 120 cm³/mol. The SMILES string of the molecule is O=C(O)C1CCN(c2nc(NCc3ccc(Cl)c(Cl)c3)c3cc([N+](=O)[O-])sc3n2)CC1. The molecule has 1 aliphatic heterocycles. The second kappa shape index (κ2) is 8.81. The van der Waals surface area contributed by atoms with E-state index in [9.17, 15) is 20.0 Å². The fourth-order valence-corrected chi connectivity index (χ4v) is 4.59. The first-order chi connectivity index (χ1) is 14.8. The van der Waals surface area contributed by atoms with Gasteiger partial charge < -0.3 is 15.3 Å². The number of carbonyl (C=O) groups is 1. The maximum atomic E-state index is 11.3. The molecule has 0 saturated carbocycles. The fraction of sp³-hybridized carbons (Fsp3) is 0.316. The first-order valence-electron chi connectivity index (χ1n) is 9.43. The number of aliphatic carboxylic acids is 1. The van der Waals surface area contributed by atoms with E-state index in [4.69, 9.17) is 23.2 Å². The van der Waals surface area contributed by atoms with Crippen LogP contribution in [0.5, 0.6) is 0 Å². The normalized spacial score (nSPS) is 14.7. The summed E-state index contributed by atoms with van der Waals surface area (Å²) in [6.45, 7) is 1.39. The Morgan fingerprint density at radius 2 is 2.00 bits per heavy atom. The van der Waals surface area contributed by atoms with Gasteiger partial charge in [0.2, 0.25) is 5.95 Å². The molecular formula is C19H17Cl2N5O4S. The van der Waals surface area contributed by atoms with Crippen LogP contribution in [0.4, 0.5) is 16.8 Å². The standard InChI is InChI=1S/C19H17Cl2N5O4S/c20-13-2-1-10(7-14(13)21)9-22-16-12-8-15(26(29)30)31-17(12)24-19(23-16)25-5-3-11(4-6-25)18(27)28/h1-2,7-8,11H,3-6,9H2,(H,27,28)(H,22,23,24). The molecule has 9 nitrogen and oxygen atoms in total. The zero-order valence-corrected chi connectivity index (χ0v) is 18.4. The number of halogens is 2. The molecule has 0 aliphatic carbocycles. The summed E-state index contributed by atoms with van der Waals surface area (Å²) in [5.74, 6) is -0.288. The van der Waals surface area contributed by atoms with Crippen molar-refractivity contribution >= 4 is 67.5 Å². The highest BCUT2D eigenvalue weighted by Crippen LogP contribution is 2.36. The molecule has 12 heteroatoms. The summed E-state index contributed by atoms with van der Waals surface area (Å²) < 4.78 is 0. The molecule has 3 aromatic rings. The number of carboxylic acid groups (broad SMARTS) is 1. The van der Waals surface area contributed by atoms with E-state index in [0.29, 0.717) is 64.5 Å². The molecule has 0 amide bonds. The average molecular weight is 482 g/mol. The van der Waals surface area contributed by atoms with Crippen molar-refractivity contribution in [2.24, 2.45) is 5.92 Å². The van der Waals surface area contributed by atoms with Gasteiger partial charge in [-0.1, -0.05) is 29.3 Å². The summed E-state index contributed by atoms with van der Waals surface area (Å²) in [5.41, 5.74) is 0.870. The van der Waals surface area contributed by atoms with E-state index in [1.807, 2.05) is 11.0 Å². The van der Waals surface area contributed by atoms with E-state index in [1.54, 1.807) is 12.1 Å². The second-order valence-electron chi connectivity index (χ2n) is 7.13. The molecule has 3 heterocycles. The number of hydrogen-bond donors (Lipinski definition) is 2. The Morgan fingerprint density at radius 1 is 1.26 bits per heavy atom.